The molecule has 33 heavy (non-hydrogen) atoms. The summed E-state index contributed by atoms with van der Waals surface area (Å²) >= 11 is 1.43. The van der Waals surface area contributed by atoms with Crippen LogP contribution < -0.4 is 5.32 Å². The molecule has 170 valence electrons. The minimum Gasteiger partial charge on any atom is -0.302 e. The average Bonchev–Trinajstić information content (AvgIpc) is 3.22. The molecule has 1 aromatic carbocycles. The molecule has 0 radical (unpaired) electrons. The van der Waals surface area contributed by atoms with E-state index < -0.39 is 0 Å². The Morgan fingerprint density at radius 2 is 1.67 bits per heavy atom. The van der Waals surface area contributed by atoms with Gasteiger partial charge in [-0.2, -0.15) is 5.10 Å². The number of halogens is 1. The summed E-state index contributed by atoms with van der Waals surface area (Å²) in [6, 6.07) is 8.32. The minimum absolute atomic E-state index is 0.163. The molecule has 1 amide bonds. The van der Waals surface area contributed by atoms with Crippen molar-refractivity contribution < 1.29 is 9.18 Å². The number of aromatic nitrogens is 5. The molecule has 0 unspecified atom stereocenters. The van der Waals surface area contributed by atoms with Crippen molar-refractivity contribution in [2.24, 2.45) is 0 Å². The highest BCUT2D eigenvalue weighted by atomic mass is 32.1. The first-order valence-corrected chi connectivity index (χ1v) is 11.4. The largest absolute Gasteiger partial charge is 0.302 e. The second kappa shape index (κ2) is 9.19. The molecule has 9 heteroatoms. The van der Waals surface area contributed by atoms with Crippen LogP contribution in [0.1, 0.15) is 44.5 Å². The molecule has 0 atom stereocenters. The van der Waals surface area contributed by atoms with Gasteiger partial charge in [0.1, 0.15) is 5.82 Å². The first-order chi connectivity index (χ1) is 15.7. The maximum Gasteiger partial charge on any atom is 0.251 e. The van der Waals surface area contributed by atoms with E-state index in [1.807, 2.05) is 40.7 Å². The van der Waals surface area contributed by atoms with Gasteiger partial charge in [0.15, 0.2) is 5.13 Å². The molecule has 0 bridgehead atoms. The van der Waals surface area contributed by atoms with Crippen molar-refractivity contribution in [3.8, 4) is 5.95 Å². The number of thiazole rings is 1. The Kier molecular flexibility index (Phi) is 6.33. The van der Waals surface area contributed by atoms with Crippen LogP contribution in [-0.2, 0) is 17.6 Å². The van der Waals surface area contributed by atoms with E-state index in [0.29, 0.717) is 17.5 Å². The van der Waals surface area contributed by atoms with Crippen LogP contribution in [0, 0.1) is 40.4 Å². The zero-order chi connectivity index (χ0) is 23.7. The highest BCUT2D eigenvalue weighted by Crippen LogP contribution is 2.26. The van der Waals surface area contributed by atoms with Gasteiger partial charge in [-0.25, -0.2) is 24.0 Å². The lowest BCUT2D eigenvalue weighted by atomic mass is 10.1. The number of hydrogen-bond acceptors (Lipinski definition) is 6. The van der Waals surface area contributed by atoms with Gasteiger partial charge >= 0.3 is 0 Å². The second-order valence-electron chi connectivity index (χ2n) is 8.07. The van der Waals surface area contributed by atoms with Gasteiger partial charge in [-0.3, -0.25) is 4.79 Å². The number of hydrogen-bond donors (Lipinski definition) is 1. The SMILES string of the molecule is Cc1cc(C)nc(-n2nc(C)c(CC(=O)Nc3nc(C)c(Cc4ccc(F)cc4)s3)c2C)n1. The number of amides is 1. The minimum atomic E-state index is -0.259. The van der Waals surface area contributed by atoms with Crippen LogP contribution in [0.3, 0.4) is 0 Å². The fraction of sp³-hybridized carbons (Fsp3) is 0.292. The highest BCUT2D eigenvalue weighted by Gasteiger charge is 2.19. The summed E-state index contributed by atoms with van der Waals surface area (Å²) in [6.07, 6.45) is 0.814. The summed E-state index contributed by atoms with van der Waals surface area (Å²) in [7, 11) is 0. The van der Waals surface area contributed by atoms with Crippen LogP contribution in [0.5, 0.6) is 0 Å². The van der Waals surface area contributed by atoms with E-state index >= 15 is 0 Å². The lowest BCUT2D eigenvalue weighted by molar-refractivity contribution is -0.115. The van der Waals surface area contributed by atoms with E-state index in [2.05, 4.69) is 25.4 Å². The molecule has 7 nitrogen and oxygen atoms in total. The van der Waals surface area contributed by atoms with Crippen LogP contribution in [0.15, 0.2) is 30.3 Å². The number of carbonyl (C=O) groups is 1. The topological polar surface area (TPSA) is 85.6 Å². The van der Waals surface area contributed by atoms with E-state index in [4.69, 9.17) is 0 Å². The Labute approximate surface area is 195 Å². The van der Waals surface area contributed by atoms with Gasteiger partial charge in [-0.15, -0.1) is 11.3 Å². The van der Waals surface area contributed by atoms with Gasteiger partial charge in [0, 0.05) is 33.9 Å². The summed E-state index contributed by atoms with van der Waals surface area (Å²) in [5, 5.41) is 8.03. The molecule has 4 aromatic rings. The van der Waals surface area contributed by atoms with Crippen LogP contribution in [0.25, 0.3) is 5.95 Å². The molecular formula is C24H25FN6OS. The smallest absolute Gasteiger partial charge is 0.251 e. The average molecular weight is 465 g/mol. The molecule has 4 rings (SSSR count). The van der Waals surface area contributed by atoms with Crippen molar-refractivity contribution in [3.05, 3.63) is 80.6 Å². The number of nitrogens with zero attached hydrogens (tertiary/aromatic N) is 5. The second-order valence-corrected chi connectivity index (χ2v) is 9.15. The molecule has 3 aromatic heterocycles. The van der Waals surface area contributed by atoms with Crippen LogP contribution in [0.2, 0.25) is 0 Å². The Morgan fingerprint density at radius 3 is 2.33 bits per heavy atom. The third-order valence-corrected chi connectivity index (χ3v) is 6.43. The third-order valence-electron chi connectivity index (χ3n) is 5.36. The number of aryl methyl sites for hydroxylation is 4. The zero-order valence-electron chi connectivity index (χ0n) is 19.2. The maximum atomic E-state index is 13.2. The number of anilines is 1. The molecule has 0 aliphatic heterocycles. The fourth-order valence-electron chi connectivity index (χ4n) is 3.68. The lowest BCUT2D eigenvalue weighted by Gasteiger charge is -2.06. The normalized spacial score (nSPS) is 11.1. The fourth-order valence-corrected chi connectivity index (χ4v) is 4.70. The summed E-state index contributed by atoms with van der Waals surface area (Å²) in [5.74, 6) is 0.0793. The molecule has 1 N–H and O–H groups in total. The summed E-state index contributed by atoms with van der Waals surface area (Å²) < 4.78 is 14.8. The third kappa shape index (κ3) is 5.14. The van der Waals surface area contributed by atoms with E-state index in [1.54, 1.807) is 16.8 Å². The van der Waals surface area contributed by atoms with Crippen molar-refractivity contribution in [2.45, 2.75) is 47.5 Å². The van der Waals surface area contributed by atoms with Crippen molar-refractivity contribution in [1.82, 2.24) is 24.7 Å². The quantitative estimate of drug-likeness (QED) is 0.452. The number of rotatable bonds is 6. The van der Waals surface area contributed by atoms with Crippen LogP contribution >= 0.6 is 11.3 Å². The monoisotopic (exact) mass is 464 g/mol. The maximum absolute atomic E-state index is 13.2. The van der Waals surface area contributed by atoms with E-state index in [-0.39, 0.29) is 18.1 Å². The standard InChI is InChI=1S/C24H25FN6OS/c1-13-10-14(2)27-23(26-13)31-17(5)20(15(3)30-31)12-22(32)29-24-28-16(4)21(33-24)11-18-6-8-19(25)9-7-18/h6-10H,11-12H2,1-5H3,(H,28,29,32). The predicted molar refractivity (Wildman–Crippen MR) is 126 cm³/mol. The molecule has 0 aliphatic carbocycles. The van der Waals surface area contributed by atoms with Crippen molar-refractivity contribution in [1.29, 1.82) is 0 Å². The first kappa shape index (κ1) is 22.7. The number of benzene rings is 1. The van der Waals surface area contributed by atoms with E-state index in [9.17, 15) is 9.18 Å². The predicted octanol–water partition coefficient (Wildman–Crippen LogP) is 4.57. The summed E-state index contributed by atoms with van der Waals surface area (Å²) in [5.41, 5.74) is 6.01. The van der Waals surface area contributed by atoms with Gasteiger partial charge < -0.3 is 5.32 Å². The van der Waals surface area contributed by atoms with Crippen molar-refractivity contribution in [3.63, 3.8) is 0 Å². The highest BCUT2D eigenvalue weighted by molar-refractivity contribution is 7.15. The van der Waals surface area contributed by atoms with Crippen LogP contribution in [-0.4, -0.2) is 30.6 Å². The first-order valence-electron chi connectivity index (χ1n) is 10.6. The van der Waals surface area contributed by atoms with Gasteiger partial charge in [0.2, 0.25) is 5.91 Å². The Balaban J connectivity index is 1.48. The van der Waals surface area contributed by atoms with Gasteiger partial charge in [-0.05, 0) is 58.4 Å². The van der Waals surface area contributed by atoms with Crippen molar-refractivity contribution in [2.75, 3.05) is 5.32 Å². The zero-order valence-corrected chi connectivity index (χ0v) is 20.0. The molecule has 0 fully saturated rings. The van der Waals surface area contributed by atoms with E-state index in [0.717, 1.165) is 44.5 Å². The van der Waals surface area contributed by atoms with Gasteiger partial charge in [0.05, 0.1) is 17.8 Å². The number of carbonyl (C=O) groups excluding carboxylic acids is 1. The molecular weight excluding hydrogens is 439 g/mol. The molecule has 0 saturated carbocycles. The Morgan fingerprint density at radius 1 is 1.00 bits per heavy atom. The van der Waals surface area contributed by atoms with E-state index in [1.165, 1.54) is 23.5 Å². The lowest BCUT2D eigenvalue weighted by Crippen LogP contribution is -2.15. The van der Waals surface area contributed by atoms with Crippen molar-refractivity contribution >= 4 is 22.4 Å². The van der Waals surface area contributed by atoms with Gasteiger partial charge in [-0.1, -0.05) is 12.1 Å². The Hall–Kier alpha value is -3.46. The molecule has 0 aliphatic rings. The molecule has 0 saturated heterocycles. The number of nitrogens with one attached hydrogen (secondary N) is 1. The summed E-state index contributed by atoms with van der Waals surface area (Å²) in [6.45, 7) is 9.53. The Bertz CT molecular complexity index is 1310. The van der Waals surface area contributed by atoms with Crippen LogP contribution in [0.4, 0.5) is 9.52 Å². The molecule has 0 spiro atoms. The van der Waals surface area contributed by atoms with Gasteiger partial charge in [0.25, 0.3) is 5.95 Å². The molecule has 3 heterocycles. The summed E-state index contributed by atoms with van der Waals surface area (Å²) in [4.78, 5) is 27.3.